The van der Waals surface area contributed by atoms with Gasteiger partial charge in [0.05, 0.1) is 0 Å². The third kappa shape index (κ3) is 7.37. The van der Waals surface area contributed by atoms with Crippen LogP contribution in [0.5, 0.6) is 0 Å². The number of hydrogen-bond donors (Lipinski definition) is 1. The lowest BCUT2D eigenvalue weighted by Crippen LogP contribution is -2.41. The molecule has 0 amide bonds. The van der Waals surface area contributed by atoms with E-state index < -0.39 is 0 Å². The first-order chi connectivity index (χ1) is 12.1. The Bertz CT molecular complexity index is 498. The van der Waals surface area contributed by atoms with Crippen LogP contribution < -0.4 is 5.32 Å². The van der Waals surface area contributed by atoms with Gasteiger partial charge in [0.2, 0.25) is 0 Å². The summed E-state index contributed by atoms with van der Waals surface area (Å²) in [5.74, 6) is 2.51. The highest BCUT2D eigenvalue weighted by atomic mass is 32.1. The van der Waals surface area contributed by atoms with Crippen LogP contribution in [0, 0.1) is 11.8 Å². The van der Waals surface area contributed by atoms with Crippen molar-refractivity contribution in [2.75, 3.05) is 46.3 Å². The molecule has 1 N–H and O–H groups in total. The lowest BCUT2D eigenvalue weighted by Gasteiger charge is -2.33. The first kappa shape index (κ1) is 20.2. The summed E-state index contributed by atoms with van der Waals surface area (Å²) in [6, 6.07) is 4.35. The van der Waals surface area contributed by atoms with Crippen LogP contribution in [0.3, 0.4) is 0 Å². The highest BCUT2D eigenvalue weighted by molar-refractivity contribution is 7.09. The van der Waals surface area contributed by atoms with Gasteiger partial charge in [0.15, 0.2) is 5.96 Å². The zero-order chi connectivity index (χ0) is 18.1. The lowest BCUT2D eigenvalue weighted by atomic mass is 9.97. The second kappa shape index (κ2) is 10.8. The summed E-state index contributed by atoms with van der Waals surface area (Å²) in [5.41, 5.74) is 0. The van der Waals surface area contributed by atoms with Gasteiger partial charge in [-0.2, -0.15) is 0 Å². The molecule has 1 atom stereocenters. The topological polar surface area (TPSA) is 30.9 Å². The van der Waals surface area contributed by atoms with Gasteiger partial charge in [-0.15, -0.1) is 11.3 Å². The number of hydrogen-bond acceptors (Lipinski definition) is 3. The van der Waals surface area contributed by atoms with Gasteiger partial charge in [0, 0.05) is 44.6 Å². The number of thiophene rings is 1. The monoisotopic (exact) mass is 364 g/mol. The van der Waals surface area contributed by atoms with Gasteiger partial charge in [-0.05, 0) is 56.0 Å². The number of nitrogens with one attached hydrogen (secondary N) is 1. The van der Waals surface area contributed by atoms with Gasteiger partial charge < -0.3 is 15.1 Å². The molecule has 1 aliphatic rings. The highest BCUT2D eigenvalue weighted by Crippen LogP contribution is 2.18. The van der Waals surface area contributed by atoms with Crippen LogP contribution >= 0.6 is 11.3 Å². The Balaban J connectivity index is 1.85. The number of likely N-dealkylation sites (tertiary alicyclic amines) is 1. The molecule has 0 aromatic carbocycles. The molecule has 0 spiro atoms. The molecule has 0 saturated carbocycles. The third-order valence-electron chi connectivity index (χ3n) is 4.70. The fourth-order valence-electron chi connectivity index (χ4n) is 3.51. The molecule has 0 radical (unpaired) electrons. The SMILES string of the molecule is CCNC(=NCC1CCCN(CC(C)C)C1)N(C)CCc1cccs1. The second-order valence-electron chi connectivity index (χ2n) is 7.61. The quantitative estimate of drug-likeness (QED) is 0.565. The number of guanidine groups is 1. The zero-order valence-electron chi connectivity index (χ0n) is 16.5. The van der Waals surface area contributed by atoms with Gasteiger partial charge in [-0.3, -0.25) is 4.99 Å². The van der Waals surface area contributed by atoms with E-state index in [9.17, 15) is 0 Å². The van der Waals surface area contributed by atoms with E-state index in [1.54, 1.807) is 0 Å². The van der Waals surface area contributed by atoms with E-state index >= 15 is 0 Å². The average molecular weight is 365 g/mol. The Morgan fingerprint density at radius 2 is 2.32 bits per heavy atom. The molecule has 1 unspecified atom stereocenters. The van der Waals surface area contributed by atoms with Gasteiger partial charge in [0.25, 0.3) is 0 Å². The molecule has 1 aromatic heterocycles. The van der Waals surface area contributed by atoms with Gasteiger partial charge in [0.1, 0.15) is 0 Å². The van der Waals surface area contributed by atoms with Crippen molar-refractivity contribution in [1.29, 1.82) is 0 Å². The summed E-state index contributed by atoms with van der Waals surface area (Å²) in [5, 5.41) is 5.61. The molecular formula is C20H36N4S. The van der Waals surface area contributed by atoms with Crippen molar-refractivity contribution in [3.8, 4) is 0 Å². The third-order valence-corrected chi connectivity index (χ3v) is 5.63. The molecule has 1 aromatic rings. The van der Waals surface area contributed by atoms with E-state index in [0.717, 1.165) is 37.9 Å². The second-order valence-corrected chi connectivity index (χ2v) is 8.64. The summed E-state index contributed by atoms with van der Waals surface area (Å²) < 4.78 is 0. The van der Waals surface area contributed by atoms with Crippen LogP contribution in [0.1, 0.15) is 38.5 Å². The zero-order valence-corrected chi connectivity index (χ0v) is 17.3. The van der Waals surface area contributed by atoms with E-state index in [1.165, 1.54) is 37.4 Å². The number of aliphatic imine (C=N–C) groups is 1. The summed E-state index contributed by atoms with van der Waals surface area (Å²) in [4.78, 5) is 11.3. The molecule has 2 rings (SSSR count). The first-order valence-electron chi connectivity index (χ1n) is 9.82. The molecule has 1 fully saturated rings. The fraction of sp³-hybridized carbons (Fsp3) is 0.750. The molecule has 5 heteroatoms. The lowest BCUT2D eigenvalue weighted by molar-refractivity contribution is 0.162. The molecule has 2 heterocycles. The van der Waals surface area contributed by atoms with Gasteiger partial charge in [-0.1, -0.05) is 19.9 Å². The fourth-order valence-corrected chi connectivity index (χ4v) is 4.20. The van der Waals surface area contributed by atoms with E-state index in [1.807, 2.05) is 11.3 Å². The predicted molar refractivity (Wildman–Crippen MR) is 111 cm³/mol. The maximum absolute atomic E-state index is 4.96. The minimum absolute atomic E-state index is 0.701. The number of likely N-dealkylation sites (N-methyl/N-ethyl adjacent to an activating group) is 1. The largest absolute Gasteiger partial charge is 0.357 e. The first-order valence-corrected chi connectivity index (χ1v) is 10.7. The van der Waals surface area contributed by atoms with E-state index in [4.69, 9.17) is 4.99 Å². The summed E-state index contributed by atoms with van der Waals surface area (Å²) in [6.45, 7) is 13.3. The van der Waals surface area contributed by atoms with Crippen LogP contribution in [0.25, 0.3) is 0 Å². The molecule has 4 nitrogen and oxygen atoms in total. The Morgan fingerprint density at radius 1 is 1.48 bits per heavy atom. The number of nitrogens with zero attached hydrogens (tertiary/aromatic N) is 3. The van der Waals surface area contributed by atoms with Crippen LogP contribution in [-0.4, -0.2) is 62.1 Å². The Kier molecular flexibility index (Phi) is 8.76. The van der Waals surface area contributed by atoms with Crippen LogP contribution in [0.15, 0.2) is 22.5 Å². The summed E-state index contributed by atoms with van der Waals surface area (Å²) in [6.07, 6.45) is 3.72. The minimum Gasteiger partial charge on any atom is -0.357 e. The molecule has 142 valence electrons. The summed E-state index contributed by atoms with van der Waals surface area (Å²) >= 11 is 1.84. The van der Waals surface area contributed by atoms with Crippen molar-refractivity contribution in [3.05, 3.63) is 22.4 Å². The molecular weight excluding hydrogens is 328 g/mol. The Hall–Kier alpha value is -1.07. The van der Waals surface area contributed by atoms with Crippen molar-refractivity contribution >= 4 is 17.3 Å². The van der Waals surface area contributed by atoms with Crippen molar-refractivity contribution in [2.24, 2.45) is 16.8 Å². The minimum atomic E-state index is 0.701. The maximum atomic E-state index is 4.96. The average Bonchev–Trinajstić information content (AvgIpc) is 3.09. The van der Waals surface area contributed by atoms with Gasteiger partial charge >= 0.3 is 0 Å². The van der Waals surface area contributed by atoms with Gasteiger partial charge in [-0.25, -0.2) is 0 Å². The Labute approximate surface area is 158 Å². The molecule has 0 aliphatic carbocycles. The molecule has 0 bridgehead atoms. The van der Waals surface area contributed by atoms with Crippen molar-refractivity contribution in [2.45, 2.75) is 40.0 Å². The van der Waals surface area contributed by atoms with E-state index in [0.29, 0.717) is 5.92 Å². The van der Waals surface area contributed by atoms with E-state index in [2.05, 4.69) is 60.4 Å². The van der Waals surface area contributed by atoms with Crippen molar-refractivity contribution in [1.82, 2.24) is 15.1 Å². The highest BCUT2D eigenvalue weighted by Gasteiger charge is 2.20. The van der Waals surface area contributed by atoms with Crippen molar-refractivity contribution < 1.29 is 0 Å². The standard InChI is InChI=1S/C20H36N4S/c1-5-21-20(23(4)12-10-19-9-7-13-25-19)22-14-18-8-6-11-24(16-18)15-17(2)3/h7,9,13,17-18H,5-6,8,10-12,14-16H2,1-4H3,(H,21,22). The predicted octanol–water partition coefficient (Wildman–Crippen LogP) is 3.56. The Morgan fingerprint density at radius 3 is 3.00 bits per heavy atom. The normalized spacial score (nSPS) is 19.4. The van der Waals surface area contributed by atoms with Crippen LogP contribution in [0.4, 0.5) is 0 Å². The van der Waals surface area contributed by atoms with Crippen LogP contribution in [0.2, 0.25) is 0 Å². The summed E-state index contributed by atoms with van der Waals surface area (Å²) in [7, 11) is 2.15. The van der Waals surface area contributed by atoms with Crippen molar-refractivity contribution in [3.63, 3.8) is 0 Å². The molecule has 1 aliphatic heterocycles. The smallest absolute Gasteiger partial charge is 0.193 e. The number of rotatable bonds is 8. The van der Waals surface area contributed by atoms with Crippen LogP contribution in [-0.2, 0) is 6.42 Å². The van der Waals surface area contributed by atoms with E-state index in [-0.39, 0.29) is 0 Å². The molecule has 25 heavy (non-hydrogen) atoms. The molecule has 1 saturated heterocycles. The number of piperidine rings is 1. The maximum Gasteiger partial charge on any atom is 0.193 e.